The van der Waals surface area contributed by atoms with Gasteiger partial charge < -0.3 is 15.8 Å². The average Bonchev–Trinajstić information content (AvgIpc) is 2.22. The van der Waals surface area contributed by atoms with Crippen LogP contribution in [0.4, 0.5) is 11.5 Å². The second-order valence-electron chi connectivity index (χ2n) is 3.72. The molecule has 4 nitrogen and oxygen atoms in total. The van der Waals surface area contributed by atoms with E-state index in [4.69, 9.17) is 10.5 Å². The van der Waals surface area contributed by atoms with Crippen LogP contribution in [0.1, 0.15) is 18.9 Å². The van der Waals surface area contributed by atoms with Crippen LogP contribution in [0.3, 0.4) is 0 Å². The van der Waals surface area contributed by atoms with E-state index in [0.29, 0.717) is 6.04 Å². The molecular formula is C11H19N3O. The molecule has 3 N–H and O–H groups in total. The van der Waals surface area contributed by atoms with Crippen molar-refractivity contribution < 1.29 is 4.74 Å². The van der Waals surface area contributed by atoms with Crippen molar-refractivity contribution in [3.05, 3.63) is 17.8 Å². The molecule has 4 heteroatoms. The molecule has 0 amide bonds. The number of nitrogens with one attached hydrogen (secondary N) is 1. The van der Waals surface area contributed by atoms with Gasteiger partial charge in [-0.05, 0) is 31.9 Å². The molecule has 0 saturated heterocycles. The van der Waals surface area contributed by atoms with Gasteiger partial charge in [-0.15, -0.1) is 0 Å². The summed E-state index contributed by atoms with van der Waals surface area (Å²) >= 11 is 0. The maximum atomic E-state index is 5.90. The standard InChI is InChI=1S/C11H19N3O/c1-8-4-6-13-11(10(8)12)14-9(2)5-7-15-3/h4,6,9H,5,7,12H2,1-3H3,(H,13,14). The predicted octanol–water partition coefficient (Wildman–Crippen LogP) is 1.81. The van der Waals surface area contributed by atoms with Crippen LogP contribution in [0.2, 0.25) is 0 Å². The number of anilines is 2. The lowest BCUT2D eigenvalue weighted by molar-refractivity contribution is 0.191. The lowest BCUT2D eigenvalue weighted by Crippen LogP contribution is -2.19. The van der Waals surface area contributed by atoms with Crippen LogP contribution in [-0.4, -0.2) is 24.7 Å². The number of nitrogens with two attached hydrogens (primary N) is 1. The number of nitrogens with zero attached hydrogens (tertiary/aromatic N) is 1. The van der Waals surface area contributed by atoms with Gasteiger partial charge in [-0.3, -0.25) is 0 Å². The molecule has 1 heterocycles. The van der Waals surface area contributed by atoms with Crippen LogP contribution in [0, 0.1) is 6.92 Å². The Bertz CT molecular complexity index is 315. The van der Waals surface area contributed by atoms with E-state index in [9.17, 15) is 0 Å². The number of ether oxygens (including phenoxy) is 1. The molecule has 1 aromatic rings. The zero-order chi connectivity index (χ0) is 11.3. The van der Waals surface area contributed by atoms with Crippen LogP contribution in [0.25, 0.3) is 0 Å². The SMILES string of the molecule is COCCC(C)Nc1nccc(C)c1N. The fourth-order valence-corrected chi connectivity index (χ4v) is 1.28. The first-order valence-corrected chi connectivity index (χ1v) is 5.11. The first-order valence-electron chi connectivity index (χ1n) is 5.11. The van der Waals surface area contributed by atoms with Crippen LogP contribution in [0.15, 0.2) is 12.3 Å². The molecule has 0 saturated carbocycles. The van der Waals surface area contributed by atoms with Gasteiger partial charge in [0.25, 0.3) is 0 Å². The van der Waals surface area contributed by atoms with Crippen molar-refractivity contribution in [2.45, 2.75) is 26.3 Å². The van der Waals surface area contributed by atoms with E-state index in [1.807, 2.05) is 13.0 Å². The highest BCUT2D eigenvalue weighted by atomic mass is 16.5. The molecular weight excluding hydrogens is 190 g/mol. The van der Waals surface area contributed by atoms with Gasteiger partial charge in [0.05, 0.1) is 5.69 Å². The Hall–Kier alpha value is -1.29. The molecule has 0 aliphatic rings. The van der Waals surface area contributed by atoms with Crippen molar-refractivity contribution >= 4 is 11.5 Å². The van der Waals surface area contributed by atoms with E-state index in [2.05, 4.69) is 17.2 Å². The zero-order valence-corrected chi connectivity index (χ0v) is 9.58. The second-order valence-corrected chi connectivity index (χ2v) is 3.72. The topological polar surface area (TPSA) is 60.2 Å². The van der Waals surface area contributed by atoms with E-state index >= 15 is 0 Å². The highest BCUT2D eigenvalue weighted by Crippen LogP contribution is 2.19. The maximum absolute atomic E-state index is 5.90. The molecule has 0 spiro atoms. The van der Waals surface area contributed by atoms with Crippen molar-refractivity contribution in [3.8, 4) is 0 Å². The molecule has 1 aromatic heterocycles. The normalized spacial score (nSPS) is 12.5. The number of aromatic nitrogens is 1. The van der Waals surface area contributed by atoms with Crippen LogP contribution < -0.4 is 11.1 Å². The summed E-state index contributed by atoms with van der Waals surface area (Å²) in [6.45, 7) is 4.80. The van der Waals surface area contributed by atoms with Crippen molar-refractivity contribution in [1.82, 2.24) is 4.98 Å². The Morgan fingerprint density at radius 3 is 3.00 bits per heavy atom. The third kappa shape index (κ3) is 3.40. The molecule has 15 heavy (non-hydrogen) atoms. The zero-order valence-electron chi connectivity index (χ0n) is 9.58. The summed E-state index contributed by atoms with van der Waals surface area (Å²) in [5, 5.41) is 3.27. The average molecular weight is 209 g/mol. The van der Waals surface area contributed by atoms with Gasteiger partial charge in [0.15, 0.2) is 0 Å². The van der Waals surface area contributed by atoms with Crippen molar-refractivity contribution in [1.29, 1.82) is 0 Å². The molecule has 84 valence electrons. The Balaban J connectivity index is 2.60. The van der Waals surface area contributed by atoms with Crippen LogP contribution in [-0.2, 0) is 4.74 Å². The van der Waals surface area contributed by atoms with Gasteiger partial charge in [0, 0.05) is 26.0 Å². The van der Waals surface area contributed by atoms with Gasteiger partial charge in [0.2, 0.25) is 0 Å². The minimum absolute atomic E-state index is 0.307. The van der Waals surface area contributed by atoms with Crippen molar-refractivity contribution in [2.24, 2.45) is 0 Å². The third-order valence-corrected chi connectivity index (χ3v) is 2.35. The summed E-state index contributed by atoms with van der Waals surface area (Å²) in [5.41, 5.74) is 7.67. The molecule has 0 bridgehead atoms. The maximum Gasteiger partial charge on any atom is 0.149 e. The van der Waals surface area contributed by atoms with E-state index in [-0.39, 0.29) is 0 Å². The number of methoxy groups -OCH3 is 1. The summed E-state index contributed by atoms with van der Waals surface area (Å²) in [4.78, 5) is 4.21. The molecule has 1 atom stereocenters. The highest BCUT2D eigenvalue weighted by Gasteiger charge is 2.06. The number of nitrogen functional groups attached to an aromatic ring is 1. The quantitative estimate of drug-likeness (QED) is 0.776. The van der Waals surface area contributed by atoms with Gasteiger partial charge in [-0.25, -0.2) is 4.98 Å². The predicted molar refractivity (Wildman–Crippen MR) is 63.0 cm³/mol. The molecule has 0 aliphatic heterocycles. The summed E-state index contributed by atoms with van der Waals surface area (Å²) in [6.07, 6.45) is 2.70. The summed E-state index contributed by atoms with van der Waals surface area (Å²) < 4.78 is 5.01. The van der Waals surface area contributed by atoms with E-state index in [1.54, 1.807) is 13.3 Å². The first-order chi connectivity index (χ1) is 7.15. The molecule has 0 aromatic carbocycles. The number of hydrogen-bond acceptors (Lipinski definition) is 4. The van der Waals surface area contributed by atoms with E-state index in [0.717, 1.165) is 30.1 Å². The molecule has 0 fully saturated rings. The Kier molecular flexibility index (Phi) is 4.37. The lowest BCUT2D eigenvalue weighted by Gasteiger charge is -2.16. The minimum atomic E-state index is 0.307. The second kappa shape index (κ2) is 5.56. The summed E-state index contributed by atoms with van der Waals surface area (Å²) in [5.74, 6) is 0.763. The third-order valence-electron chi connectivity index (χ3n) is 2.35. The number of hydrogen-bond donors (Lipinski definition) is 2. The number of pyridine rings is 1. The molecule has 1 unspecified atom stereocenters. The molecule has 0 aliphatic carbocycles. The number of aryl methyl sites for hydroxylation is 1. The fraction of sp³-hybridized carbons (Fsp3) is 0.545. The van der Waals surface area contributed by atoms with Gasteiger partial charge in [0.1, 0.15) is 5.82 Å². The molecule has 0 radical (unpaired) electrons. The largest absolute Gasteiger partial charge is 0.396 e. The lowest BCUT2D eigenvalue weighted by atomic mass is 10.2. The summed E-state index contributed by atoms with van der Waals surface area (Å²) in [6, 6.07) is 2.21. The molecule has 1 rings (SSSR count). The monoisotopic (exact) mass is 209 g/mol. The fourth-order valence-electron chi connectivity index (χ4n) is 1.28. The van der Waals surface area contributed by atoms with Gasteiger partial charge >= 0.3 is 0 Å². The van der Waals surface area contributed by atoms with Crippen LogP contribution >= 0.6 is 0 Å². The number of rotatable bonds is 5. The van der Waals surface area contributed by atoms with E-state index < -0.39 is 0 Å². The first kappa shape index (κ1) is 11.8. The van der Waals surface area contributed by atoms with E-state index in [1.165, 1.54) is 0 Å². The Morgan fingerprint density at radius 2 is 2.33 bits per heavy atom. The smallest absolute Gasteiger partial charge is 0.149 e. The minimum Gasteiger partial charge on any atom is -0.396 e. The van der Waals surface area contributed by atoms with Crippen LogP contribution in [0.5, 0.6) is 0 Å². The van der Waals surface area contributed by atoms with Gasteiger partial charge in [-0.2, -0.15) is 0 Å². The summed E-state index contributed by atoms with van der Waals surface area (Å²) in [7, 11) is 1.70. The van der Waals surface area contributed by atoms with Gasteiger partial charge in [-0.1, -0.05) is 0 Å². The highest BCUT2D eigenvalue weighted by molar-refractivity contribution is 5.65. The Labute approximate surface area is 90.8 Å². The Morgan fingerprint density at radius 1 is 1.60 bits per heavy atom. The van der Waals surface area contributed by atoms with Crippen molar-refractivity contribution in [3.63, 3.8) is 0 Å². The van der Waals surface area contributed by atoms with Crippen molar-refractivity contribution in [2.75, 3.05) is 24.8 Å².